The Morgan fingerprint density at radius 3 is 1.62 bits per heavy atom. The van der Waals surface area contributed by atoms with Gasteiger partial charge in [-0.05, 0) is 37.0 Å². The first-order chi connectivity index (χ1) is 15.8. The first-order valence-corrected chi connectivity index (χ1v) is 13.5. The van der Waals surface area contributed by atoms with E-state index < -0.39 is 5.97 Å². The second kappa shape index (κ2) is 21.5. The molecule has 0 aliphatic heterocycles. The Morgan fingerprint density at radius 1 is 0.688 bits per heavy atom. The number of aryl methyl sites for hydroxylation is 1. The number of benzene rings is 1. The van der Waals surface area contributed by atoms with E-state index in [4.69, 9.17) is 9.78 Å². The normalized spacial score (nSPS) is 11.1. The van der Waals surface area contributed by atoms with Crippen molar-refractivity contribution < 1.29 is 14.6 Å². The highest BCUT2D eigenvalue weighted by molar-refractivity contribution is 5.88. The average molecular weight is 446 g/mol. The van der Waals surface area contributed by atoms with E-state index in [2.05, 4.69) is 13.8 Å². The minimum Gasteiger partial charge on any atom is -0.293 e. The lowest BCUT2D eigenvalue weighted by molar-refractivity contribution is -0.241. The average Bonchev–Trinajstić information content (AvgIpc) is 2.82. The number of unbranched alkanes of at least 4 members (excludes halogenated alkanes) is 16. The minimum absolute atomic E-state index is 0.402. The standard InChI is InChI=1S/C29H49O3/c1-3-5-7-8-9-10-11-12-13-14-15-16-17-18-19-20-26-31-32-29(30)28-24-22-27(23-25-28)21-6-4-2/h22-25H,1,3-21,26H2,2H3. The van der Waals surface area contributed by atoms with Gasteiger partial charge in [0.05, 0.1) is 12.2 Å². The number of carbonyl (C=O) groups excluding carboxylic acids is 1. The lowest BCUT2D eigenvalue weighted by Gasteiger charge is -2.05. The van der Waals surface area contributed by atoms with Crippen LogP contribution < -0.4 is 0 Å². The van der Waals surface area contributed by atoms with Crippen molar-refractivity contribution in [1.29, 1.82) is 0 Å². The minimum atomic E-state index is -0.402. The van der Waals surface area contributed by atoms with E-state index in [1.54, 1.807) is 0 Å². The predicted molar refractivity (Wildman–Crippen MR) is 136 cm³/mol. The summed E-state index contributed by atoms with van der Waals surface area (Å²) in [7, 11) is 0. The summed E-state index contributed by atoms with van der Waals surface area (Å²) >= 11 is 0. The molecule has 0 aromatic heterocycles. The SMILES string of the molecule is [CH2]CCCCCCCCCCCCCCCCCOOC(=O)c1ccc(CCCC)cc1. The molecule has 0 aliphatic rings. The van der Waals surface area contributed by atoms with E-state index in [0.717, 1.165) is 25.7 Å². The van der Waals surface area contributed by atoms with E-state index in [-0.39, 0.29) is 0 Å². The summed E-state index contributed by atoms with van der Waals surface area (Å²) in [6.45, 7) is 6.56. The van der Waals surface area contributed by atoms with Gasteiger partial charge in [-0.3, -0.25) is 4.89 Å². The molecule has 0 saturated carbocycles. The Bertz CT molecular complexity index is 538. The van der Waals surface area contributed by atoms with Crippen LogP contribution in [0, 0.1) is 6.92 Å². The van der Waals surface area contributed by atoms with Crippen molar-refractivity contribution in [3.63, 3.8) is 0 Å². The first-order valence-electron chi connectivity index (χ1n) is 13.5. The van der Waals surface area contributed by atoms with Crippen LogP contribution in [-0.2, 0) is 16.2 Å². The highest BCUT2D eigenvalue weighted by atomic mass is 17.2. The molecule has 0 saturated heterocycles. The molecule has 0 fully saturated rings. The summed E-state index contributed by atoms with van der Waals surface area (Å²) in [5, 5.41) is 0. The highest BCUT2D eigenvalue weighted by Gasteiger charge is 2.08. The molecule has 0 spiro atoms. The van der Waals surface area contributed by atoms with Gasteiger partial charge in [-0.15, -0.1) is 0 Å². The van der Waals surface area contributed by atoms with Gasteiger partial charge in [0, 0.05) is 0 Å². The van der Waals surface area contributed by atoms with E-state index in [1.165, 1.54) is 102 Å². The van der Waals surface area contributed by atoms with Gasteiger partial charge in [0.25, 0.3) is 0 Å². The van der Waals surface area contributed by atoms with Crippen LogP contribution in [0.4, 0.5) is 0 Å². The zero-order valence-corrected chi connectivity index (χ0v) is 20.9. The lowest BCUT2D eigenvalue weighted by Crippen LogP contribution is -2.07. The van der Waals surface area contributed by atoms with Gasteiger partial charge in [0.2, 0.25) is 0 Å². The molecule has 3 heteroatoms. The Morgan fingerprint density at radius 2 is 1.16 bits per heavy atom. The molecule has 0 unspecified atom stereocenters. The quantitative estimate of drug-likeness (QED) is 0.101. The summed E-state index contributed by atoms with van der Waals surface area (Å²) < 4.78 is 0. The summed E-state index contributed by atoms with van der Waals surface area (Å²) in [5.74, 6) is -0.402. The van der Waals surface area contributed by atoms with Gasteiger partial charge in [0.15, 0.2) is 0 Å². The second-order valence-electron chi connectivity index (χ2n) is 9.15. The van der Waals surface area contributed by atoms with Crippen LogP contribution in [0.3, 0.4) is 0 Å². The third kappa shape index (κ3) is 16.3. The number of carbonyl (C=O) groups is 1. The zero-order chi connectivity index (χ0) is 23.1. The molecule has 183 valence electrons. The molecular formula is C29H49O3. The fourth-order valence-electron chi connectivity index (χ4n) is 3.97. The van der Waals surface area contributed by atoms with E-state index in [0.29, 0.717) is 12.2 Å². The summed E-state index contributed by atoms with van der Waals surface area (Å²) in [6, 6.07) is 7.65. The van der Waals surface area contributed by atoms with Crippen molar-refractivity contribution in [3.8, 4) is 0 Å². The Labute approximate surface area is 198 Å². The van der Waals surface area contributed by atoms with Crippen LogP contribution in [0.5, 0.6) is 0 Å². The Balaban J connectivity index is 1.83. The molecule has 1 rings (SSSR count). The van der Waals surface area contributed by atoms with Crippen molar-refractivity contribution in [2.75, 3.05) is 6.61 Å². The largest absolute Gasteiger partial charge is 0.373 e. The van der Waals surface area contributed by atoms with Crippen molar-refractivity contribution >= 4 is 5.97 Å². The summed E-state index contributed by atoms with van der Waals surface area (Å²) in [4.78, 5) is 22.0. The Hall–Kier alpha value is -1.35. The molecule has 3 nitrogen and oxygen atoms in total. The fourth-order valence-corrected chi connectivity index (χ4v) is 3.97. The van der Waals surface area contributed by atoms with Crippen LogP contribution in [-0.4, -0.2) is 12.6 Å². The van der Waals surface area contributed by atoms with Crippen molar-refractivity contribution in [2.24, 2.45) is 0 Å². The van der Waals surface area contributed by atoms with Crippen molar-refractivity contribution in [1.82, 2.24) is 0 Å². The fraction of sp³-hybridized carbons (Fsp3) is 0.724. The highest BCUT2D eigenvalue weighted by Crippen LogP contribution is 2.14. The molecule has 1 radical (unpaired) electrons. The van der Waals surface area contributed by atoms with Crippen LogP contribution in [0.15, 0.2) is 24.3 Å². The zero-order valence-electron chi connectivity index (χ0n) is 20.9. The van der Waals surface area contributed by atoms with Gasteiger partial charge in [-0.2, -0.15) is 4.89 Å². The van der Waals surface area contributed by atoms with Crippen LogP contribution in [0.2, 0.25) is 0 Å². The smallest absolute Gasteiger partial charge is 0.293 e. The number of hydrogen-bond acceptors (Lipinski definition) is 3. The van der Waals surface area contributed by atoms with Gasteiger partial charge >= 0.3 is 5.97 Å². The van der Waals surface area contributed by atoms with E-state index in [9.17, 15) is 4.79 Å². The second-order valence-corrected chi connectivity index (χ2v) is 9.15. The van der Waals surface area contributed by atoms with Crippen LogP contribution >= 0.6 is 0 Å². The molecule has 0 N–H and O–H groups in total. The molecule has 32 heavy (non-hydrogen) atoms. The van der Waals surface area contributed by atoms with E-state index >= 15 is 0 Å². The maximum Gasteiger partial charge on any atom is 0.373 e. The van der Waals surface area contributed by atoms with Gasteiger partial charge < -0.3 is 0 Å². The molecule has 0 heterocycles. The van der Waals surface area contributed by atoms with Gasteiger partial charge in [-0.25, -0.2) is 4.79 Å². The third-order valence-electron chi connectivity index (χ3n) is 6.12. The first kappa shape index (κ1) is 28.7. The van der Waals surface area contributed by atoms with Crippen molar-refractivity contribution in [3.05, 3.63) is 42.3 Å². The summed E-state index contributed by atoms with van der Waals surface area (Å²) in [6.07, 6.45) is 24.3. The maximum atomic E-state index is 12.0. The number of hydrogen-bond donors (Lipinski definition) is 0. The molecule has 0 atom stereocenters. The van der Waals surface area contributed by atoms with Crippen LogP contribution in [0.1, 0.15) is 138 Å². The monoisotopic (exact) mass is 445 g/mol. The maximum absolute atomic E-state index is 12.0. The summed E-state index contributed by atoms with van der Waals surface area (Å²) in [5.41, 5.74) is 1.81. The molecular weight excluding hydrogens is 396 g/mol. The van der Waals surface area contributed by atoms with Crippen LogP contribution in [0.25, 0.3) is 0 Å². The van der Waals surface area contributed by atoms with Crippen molar-refractivity contribution in [2.45, 2.75) is 129 Å². The molecule has 0 aliphatic carbocycles. The number of rotatable bonds is 22. The lowest BCUT2D eigenvalue weighted by atomic mass is 10.0. The van der Waals surface area contributed by atoms with Gasteiger partial charge in [-0.1, -0.05) is 129 Å². The molecule has 0 bridgehead atoms. The molecule has 0 amide bonds. The molecule has 1 aromatic carbocycles. The van der Waals surface area contributed by atoms with E-state index in [1.807, 2.05) is 24.3 Å². The molecule has 1 aromatic rings. The third-order valence-corrected chi connectivity index (χ3v) is 6.12. The van der Waals surface area contributed by atoms with Gasteiger partial charge in [0.1, 0.15) is 0 Å². The Kier molecular flexibility index (Phi) is 19.3. The predicted octanol–water partition coefficient (Wildman–Crippen LogP) is 9.19. The topological polar surface area (TPSA) is 35.5 Å².